The fourth-order valence-electron chi connectivity index (χ4n) is 2.61. The molecule has 2 N–H and O–H groups in total. The molecule has 1 atom stereocenters. The summed E-state index contributed by atoms with van der Waals surface area (Å²) in [6.07, 6.45) is 3.21. The summed E-state index contributed by atoms with van der Waals surface area (Å²) in [6.45, 7) is 2.53. The Morgan fingerprint density at radius 2 is 2.05 bits per heavy atom. The van der Waals surface area contributed by atoms with Crippen LogP contribution in [0.2, 0.25) is 0 Å². The van der Waals surface area contributed by atoms with Gasteiger partial charge in [0.05, 0.1) is 11.4 Å². The largest absolute Gasteiger partial charge is 0.330 e. The van der Waals surface area contributed by atoms with Crippen LogP contribution in [0.3, 0.4) is 0 Å². The highest BCUT2D eigenvalue weighted by Gasteiger charge is 2.31. The van der Waals surface area contributed by atoms with E-state index in [0.29, 0.717) is 13.0 Å². The van der Waals surface area contributed by atoms with Crippen molar-refractivity contribution in [2.24, 2.45) is 5.73 Å². The first kappa shape index (κ1) is 14.3. The molecular formula is C14H22N2O2S. The van der Waals surface area contributed by atoms with Crippen molar-refractivity contribution in [3.05, 3.63) is 29.8 Å². The summed E-state index contributed by atoms with van der Waals surface area (Å²) in [5, 5.41) is 0. The average Bonchev–Trinajstić information content (AvgIpc) is 2.38. The molecule has 4 nitrogen and oxygen atoms in total. The van der Waals surface area contributed by atoms with Crippen molar-refractivity contribution in [1.82, 2.24) is 0 Å². The summed E-state index contributed by atoms with van der Waals surface area (Å²) in [7, 11) is -3.24. The highest BCUT2D eigenvalue weighted by atomic mass is 32.2. The molecule has 1 aromatic carbocycles. The quantitative estimate of drug-likeness (QED) is 0.839. The van der Waals surface area contributed by atoms with Crippen LogP contribution in [-0.2, 0) is 16.4 Å². The zero-order chi connectivity index (χ0) is 13.9. The Hall–Kier alpha value is -1.07. The van der Waals surface area contributed by atoms with Gasteiger partial charge in [-0.05, 0) is 50.8 Å². The Balaban J connectivity index is 2.27. The fraction of sp³-hybridized carbons (Fsp3) is 0.571. The van der Waals surface area contributed by atoms with Gasteiger partial charge < -0.3 is 5.73 Å². The van der Waals surface area contributed by atoms with Crippen LogP contribution in [0.4, 0.5) is 5.69 Å². The summed E-state index contributed by atoms with van der Waals surface area (Å²) in [4.78, 5) is 0. The second-order valence-electron chi connectivity index (χ2n) is 5.12. The zero-order valence-corrected chi connectivity index (χ0v) is 12.2. The maximum Gasteiger partial charge on any atom is 0.235 e. The molecule has 0 radical (unpaired) electrons. The third-order valence-electron chi connectivity index (χ3n) is 3.62. The monoisotopic (exact) mass is 282 g/mol. The average molecular weight is 282 g/mol. The molecule has 19 heavy (non-hydrogen) atoms. The van der Waals surface area contributed by atoms with Crippen molar-refractivity contribution in [3.8, 4) is 0 Å². The molecule has 1 heterocycles. The molecule has 1 aliphatic rings. The topological polar surface area (TPSA) is 63.4 Å². The highest BCUT2D eigenvalue weighted by Crippen LogP contribution is 2.33. The number of fused-ring (bicyclic) bond motifs is 1. The summed E-state index contributed by atoms with van der Waals surface area (Å²) in [5.41, 5.74) is 7.42. The van der Waals surface area contributed by atoms with Crippen molar-refractivity contribution >= 4 is 15.7 Å². The third kappa shape index (κ3) is 3.09. The van der Waals surface area contributed by atoms with Crippen LogP contribution < -0.4 is 10.0 Å². The molecule has 0 fully saturated rings. The number of nitrogens with zero attached hydrogens (tertiary/aromatic N) is 1. The number of nitrogens with two attached hydrogens (primary N) is 1. The predicted molar refractivity (Wildman–Crippen MR) is 78.8 cm³/mol. The van der Waals surface area contributed by atoms with Gasteiger partial charge in [-0.25, -0.2) is 8.42 Å². The van der Waals surface area contributed by atoms with Crippen LogP contribution in [0.1, 0.15) is 31.7 Å². The second-order valence-corrected chi connectivity index (χ2v) is 7.09. The number of sulfonamides is 1. The van der Waals surface area contributed by atoms with E-state index in [-0.39, 0.29) is 11.8 Å². The van der Waals surface area contributed by atoms with Gasteiger partial charge in [-0.1, -0.05) is 18.2 Å². The maximum absolute atomic E-state index is 12.5. The Morgan fingerprint density at radius 3 is 2.79 bits per heavy atom. The molecule has 0 aliphatic carbocycles. The van der Waals surface area contributed by atoms with Crippen molar-refractivity contribution in [2.45, 2.75) is 38.6 Å². The van der Waals surface area contributed by atoms with E-state index in [1.54, 1.807) is 4.31 Å². The number of aryl methyl sites for hydroxylation is 1. The minimum atomic E-state index is -3.24. The van der Waals surface area contributed by atoms with Crippen LogP contribution in [0.25, 0.3) is 0 Å². The van der Waals surface area contributed by atoms with E-state index in [2.05, 4.69) is 0 Å². The minimum absolute atomic E-state index is 0.0396. The van der Waals surface area contributed by atoms with E-state index in [4.69, 9.17) is 5.73 Å². The van der Waals surface area contributed by atoms with Gasteiger partial charge in [0.25, 0.3) is 0 Å². The van der Waals surface area contributed by atoms with Crippen LogP contribution in [0.15, 0.2) is 24.3 Å². The number of hydrogen-bond acceptors (Lipinski definition) is 3. The Morgan fingerprint density at radius 1 is 1.32 bits per heavy atom. The molecule has 0 amide bonds. The lowest BCUT2D eigenvalue weighted by atomic mass is 9.99. The molecule has 0 bridgehead atoms. The van der Waals surface area contributed by atoms with E-state index < -0.39 is 10.0 Å². The lowest BCUT2D eigenvalue weighted by molar-refractivity contribution is 0.560. The lowest BCUT2D eigenvalue weighted by Gasteiger charge is -2.36. The number of rotatable bonds is 5. The Labute approximate surface area is 115 Å². The molecule has 0 saturated carbocycles. The molecular weight excluding hydrogens is 260 g/mol. The van der Waals surface area contributed by atoms with Gasteiger partial charge in [-0.15, -0.1) is 0 Å². The first-order valence-electron chi connectivity index (χ1n) is 6.86. The van der Waals surface area contributed by atoms with E-state index in [0.717, 1.165) is 30.5 Å². The lowest BCUT2D eigenvalue weighted by Crippen LogP contribution is -2.43. The standard InChI is InChI=1S/C14H22N2O2S/c1-12-8-9-13-6-2-3-7-14(13)16(12)19(17,18)11-5-4-10-15/h2-3,6-7,12H,4-5,8-11,15H2,1H3. The molecule has 1 aromatic rings. The van der Waals surface area contributed by atoms with E-state index in [1.165, 1.54) is 0 Å². The number of benzene rings is 1. The van der Waals surface area contributed by atoms with Crippen molar-refractivity contribution in [2.75, 3.05) is 16.6 Å². The van der Waals surface area contributed by atoms with Crippen LogP contribution in [0, 0.1) is 0 Å². The number of para-hydroxylation sites is 1. The minimum Gasteiger partial charge on any atom is -0.330 e. The number of hydrogen-bond donors (Lipinski definition) is 1. The van der Waals surface area contributed by atoms with Gasteiger partial charge in [0.1, 0.15) is 0 Å². The SMILES string of the molecule is CC1CCc2ccccc2N1S(=O)(=O)CCCCN. The summed E-state index contributed by atoms with van der Waals surface area (Å²) < 4.78 is 26.7. The van der Waals surface area contributed by atoms with Crippen LogP contribution >= 0.6 is 0 Å². The third-order valence-corrected chi connectivity index (χ3v) is 5.58. The molecule has 106 valence electrons. The van der Waals surface area contributed by atoms with Gasteiger partial charge in [0, 0.05) is 6.04 Å². The van der Waals surface area contributed by atoms with Crippen LogP contribution in [-0.4, -0.2) is 26.8 Å². The molecule has 5 heteroatoms. The molecule has 1 unspecified atom stereocenters. The fourth-order valence-corrected chi connectivity index (χ4v) is 4.50. The molecule has 0 saturated heterocycles. The summed E-state index contributed by atoms with van der Waals surface area (Å²) in [5.74, 6) is 0.183. The summed E-state index contributed by atoms with van der Waals surface area (Å²) in [6, 6.07) is 7.83. The summed E-state index contributed by atoms with van der Waals surface area (Å²) >= 11 is 0. The second kappa shape index (κ2) is 5.92. The van der Waals surface area contributed by atoms with Crippen molar-refractivity contribution in [3.63, 3.8) is 0 Å². The van der Waals surface area contributed by atoms with Gasteiger partial charge in [0.2, 0.25) is 10.0 Å². The molecule has 1 aliphatic heterocycles. The number of anilines is 1. The predicted octanol–water partition coefficient (Wildman–Crippen LogP) is 1.90. The first-order chi connectivity index (χ1) is 9.06. The van der Waals surface area contributed by atoms with E-state index in [1.807, 2.05) is 31.2 Å². The normalized spacial score (nSPS) is 19.3. The molecule has 2 rings (SSSR count). The first-order valence-corrected chi connectivity index (χ1v) is 8.47. The van der Waals surface area contributed by atoms with Gasteiger partial charge in [-0.3, -0.25) is 4.31 Å². The van der Waals surface area contributed by atoms with Crippen LogP contribution in [0.5, 0.6) is 0 Å². The van der Waals surface area contributed by atoms with Gasteiger partial charge >= 0.3 is 0 Å². The highest BCUT2D eigenvalue weighted by molar-refractivity contribution is 7.92. The van der Waals surface area contributed by atoms with E-state index >= 15 is 0 Å². The smallest absolute Gasteiger partial charge is 0.235 e. The molecule has 0 aromatic heterocycles. The Bertz CT molecular complexity index is 528. The molecule has 0 spiro atoms. The van der Waals surface area contributed by atoms with Gasteiger partial charge in [-0.2, -0.15) is 0 Å². The van der Waals surface area contributed by atoms with Gasteiger partial charge in [0.15, 0.2) is 0 Å². The van der Waals surface area contributed by atoms with Crippen molar-refractivity contribution in [1.29, 1.82) is 0 Å². The van der Waals surface area contributed by atoms with E-state index in [9.17, 15) is 8.42 Å². The maximum atomic E-state index is 12.5. The van der Waals surface area contributed by atoms with Crippen molar-refractivity contribution < 1.29 is 8.42 Å². The zero-order valence-electron chi connectivity index (χ0n) is 11.4. The number of unbranched alkanes of at least 4 members (excludes halogenated alkanes) is 1. The Kier molecular flexibility index (Phi) is 4.47.